The van der Waals surface area contributed by atoms with Crippen molar-refractivity contribution < 1.29 is 24.4 Å². The monoisotopic (exact) mass is 298 g/mol. The minimum Gasteiger partial charge on any atom is -0.433 e. The van der Waals surface area contributed by atoms with Gasteiger partial charge in [0, 0.05) is 19.3 Å². The molecular formula is C16H26O5. The van der Waals surface area contributed by atoms with Crippen LogP contribution in [0.5, 0.6) is 0 Å². The second kappa shape index (κ2) is 4.93. The third-order valence-corrected chi connectivity index (χ3v) is 6.07. The van der Waals surface area contributed by atoms with Crippen LogP contribution in [0.4, 0.5) is 0 Å². The molecule has 21 heavy (non-hydrogen) atoms. The van der Waals surface area contributed by atoms with Crippen LogP contribution in [0.2, 0.25) is 0 Å². The van der Waals surface area contributed by atoms with E-state index in [0.29, 0.717) is 24.2 Å². The fourth-order valence-corrected chi connectivity index (χ4v) is 4.92. The topological polar surface area (TPSA) is 65.0 Å². The van der Waals surface area contributed by atoms with E-state index in [2.05, 4.69) is 11.8 Å². The highest BCUT2D eigenvalue weighted by atomic mass is 17.1. The number of hydrogen-bond donors (Lipinski definition) is 1. The standard InChI is InChI=1S/C16H26O5/c1-9-5-6-12-10(2)14(17)19-16(4)13(12)11(9)7-8-15(3,20-16)21-18/h9-13,18H,5-8H2,1-4H3/t9-,10-,11+,12+,13?,15-,16+/m1/s1. The van der Waals surface area contributed by atoms with E-state index >= 15 is 0 Å². The normalized spacial score (nSPS) is 53.6. The first-order valence-corrected chi connectivity index (χ1v) is 8.05. The highest BCUT2D eigenvalue weighted by Gasteiger charge is 2.61. The summed E-state index contributed by atoms with van der Waals surface area (Å²) in [4.78, 5) is 16.8. The predicted molar refractivity (Wildman–Crippen MR) is 75.0 cm³/mol. The van der Waals surface area contributed by atoms with Crippen LogP contribution in [0.1, 0.15) is 53.4 Å². The zero-order valence-electron chi connectivity index (χ0n) is 13.3. The molecular weight excluding hydrogens is 272 g/mol. The first-order chi connectivity index (χ1) is 9.80. The van der Waals surface area contributed by atoms with Gasteiger partial charge in [0.2, 0.25) is 11.6 Å². The Kier molecular flexibility index (Phi) is 3.58. The van der Waals surface area contributed by atoms with Crippen LogP contribution in [-0.4, -0.2) is 22.8 Å². The lowest BCUT2D eigenvalue weighted by Gasteiger charge is -2.53. The molecule has 1 unspecified atom stereocenters. The summed E-state index contributed by atoms with van der Waals surface area (Å²) in [5.74, 6) is -0.945. The molecule has 0 spiro atoms. The van der Waals surface area contributed by atoms with Crippen molar-refractivity contribution in [2.45, 2.75) is 65.0 Å². The third-order valence-electron chi connectivity index (χ3n) is 6.07. The lowest BCUT2D eigenvalue weighted by molar-refractivity contribution is -0.447. The second-order valence-electron chi connectivity index (χ2n) is 7.50. The van der Waals surface area contributed by atoms with E-state index in [0.717, 1.165) is 19.3 Å². The zero-order valence-corrected chi connectivity index (χ0v) is 13.3. The van der Waals surface area contributed by atoms with Gasteiger partial charge in [-0.15, -0.1) is 0 Å². The van der Waals surface area contributed by atoms with Gasteiger partial charge < -0.3 is 9.47 Å². The molecule has 5 nitrogen and oxygen atoms in total. The van der Waals surface area contributed by atoms with E-state index in [-0.39, 0.29) is 17.8 Å². The Morgan fingerprint density at radius 3 is 2.57 bits per heavy atom. The Hall–Kier alpha value is -0.650. The summed E-state index contributed by atoms with van der Waals surface area (Å²) in [6.07, 6.45) is 3.69. The Morgan fingerprint density at radius 1 is 1.19 bits per heavy atom. The maximum atomic E-state index is 12.2. The zero-order chi connectivity index (χ0) is 15.4. The average molecular weight is 298 g/mol. The van der Waals surface area contributed by atoms with E-state index in [4.69, 9.17) is 9.47 Å². The van der Waals surface area contributed by atoms with E-state index in [1.807, 2.05) is 13.8 Å². The van der Waals surface area contributed by atoms with Crippen LogP contribution in [-0.2, 0) is 19.2 Å². The Balaban J connectivity index is 2.03. The average Bonchev–Trinajstić information content (AvgIpc) is 2.54. The van der Waals surface area contributed by atoms with Crippen LogP contribution in [0.3, 0.4) is 0 Å². The number of ether oxygens (including phenoxy) is 2. The summed E-state index contributed by atoms with van der Waals surface area (Å²) in [5.41, 5.74) is 0. The van der Waals surface area contributed by atoms with Crippen LogP contribution in [0.15, 0.2) is 0 Å². The predicted octanol–water partition coefficient (Wildman–Crippen LogP) is 3.19. The quantitative estimate of drug-likeness (QED) is 0.457. The summed E-state index contributed by atoms with van der Waals surface area (Å²) in [6.45, 7) is 7.78. The fraction of sp³-hybridized carbons (Fsp3) is 0.938. The van der Waals surface area contributed by atoms with Gasteiger partial charge in [-0.1, -0.05) is 20.3 Å². The minimum absolute atomic E-state index is 0.0823. The van der Waals surface area contributed by atoms with E-state index in [1.54, 1.807) is 6.92 Å². The molecule has 1 aliphatic carbocycles. The van der Waals surface area contributed by atoms with Crippen molar-refractivity contribution in [2.24, 2.45) is 29.6 Å². The second-order valence-corrected chi connectivity index (χ2v) is 7.50. The number of carbonyl (C=O) groups excluding carboxylic acids is 1. The Labute approximate surface area is 125 Å². The van der Waals surface area contributed by atoms with Gasteiger partial charge in [0.25, 0.3) is 0 Å². The molecule has 3 aliphatic rings. The number of esters is 1. The van der Waals surface area contributed by atoms with Crippen molar-refractivity contribution in [3.8, 4) is 0 Å². The third kappa shape index (κ3) is 2.30. The molecule has 7 atom stereocenters. The van der Waals surface area contributed by atoms with Gasteiger partial charge in [0.15, 0.2) is 0 Å². The summed E-state index contributed by atoms with van der Waals surface area (Å²) >= 11 is 0. The molecule has 3 fully saturated rings. The van der Waals surface area contributed by atoms with Gasteiger partial charge in [-0.3, -0.25) is 4.79 Å². The highest BCUT2D eigenvalue weighted by Crippen LogP contribution is 2.56. The van der Waals surface area contributed by atoms with Crippen molar-refractivity contribution in [3.63, 3.8) is 0 Å². The van der Waals surface area contributed by atoms with Gasteiger partial charge >= 0.3 is 5.97 Å². The molecule has 1 saturated carbocycles. The number of carbonyl (C=O) groups is 1. The molecule has 1 N–H and O–H groups in total. The molecule has 3 rings (SSSR count). The molecule has 0 aromatic carbocycles. The van der Waals surface area contributed by atoms with Gasteiger partial charge in [-0.25, -0.2) is 10.1 Å². The lowest BCUT2D eigenvalue weighted by Crippen LogP contribution is -2.59. The van der Waals surface area contributed by atoms with Gasteiger partial charge in [-0.05, 0) is 37.5 Å². The molecule has 2 saturated heterocycles. The van der Waals surface area contributed by atoms with Crippen molar-refractivity contribution in [3.05, 3.63) is 0 Å². The van der Waals surface area contributed by atoms with Crippen LogP contribution >= 0.6 is 0 Å². The van der Waals surface area contributed by atoms with Crippen molar-refractivity contribution in [1.29, 1.82) is 0 Å². The number of hydrogen-bond acceptors (Lipinski definition) is 5. The van der Waals surface area contributed by atoms with E-state index < -0.39 is 11.6 Å². The van der Waals surface area contributed by atoms with E-state index in [9.17, 15) is 10.1 Å². The lowest BCUT2D eigenvalue weighted by atomic mass is 9.59. The smallest absolute Gasteiger partial charge is 0.311 e. The Morgan fingerprint density at radius 2 is 1.90 bits per heavy atom. The van der Waals surface area contributed by atoms with Crippen molar-refractivity contribution >= 4 is 5.97 Å². The molecule has 120 valence electrons. The fourth-order valence-electron chi connectivity index (χ4n) is 4.92. The molecule has 0 bridgehead atoms. The molecule has 2 aliphatic heterocycles. The summed E-state index contributed by atoms with van der Waals surface area (Å²) in [6, 6.07) is 0. The maximum Gasteiger partial charge on any atom is 0.311 e. The molecule has 2 heterocycles. The van der Waals surface area contributed by atoms with E-state index in [1.165, 1.54) is 0 Å². The van der Waals surface area contributed by atoms with Crippen molar-refractivity contribution in [1.82, 2.24) is 0 Å². The van der Waals surface area contributed by atoms with Gasteiger partial charge in [0.1, 0.15) is 0 Å². The summed E-state index contributed by atoms with van der Waals surface area (Å²) < 4.78 is 11.7. The van der Waals surface area contributed by atoms with Crippen LogP contribution in [0.25, 0.3) is 0 Å². The molecule has 5 heteroatoms. The molecule has 0 radical (unpaired) electrons. The summed E-state index contributed by atoms with van der Waals surface area (Å²) in [7, 11) is 0. The summed E-state index contributed by atoms with van der Waals surface area (Å²) in [5, 5.41) is 9.24. The van der Waals surface area contributed by atoms with Gasteiger partial charge in [0.05, 0.1) is 5.92 Å². The molecule has 0 amide bonds. The van der Waals surface area contributed by atoms with Crippen molar-refractivity contribution in [2.75, 3.05) is 0 Å². The first kappa shape index (κ1) is 15.3. The van der Waals surface area contributed by atoms with Crippen LogP contribution in [0, 0.1) is 29.6 Å². The van der Waals surface area contributed by atoms with Gasteiger partial charge in [-0.2, -0.15) is 0 Å². The Bertz CT molecular complexity index is 438. The number of rotatable bonds is 1. The highest BCUT2D eigenvalue weighted by molar-refractivity contribution is 5.73. The first-order valence-electron chi connectivity index (χ1n) is 8.05. The SMILES string of the molecule is C[C@@H]1CC[C@@H]2C3[C@H]1CC[C@@](C)(OO)O[C@]3(C)OC(=O)[C@@H]2C. The largest absolute Gasteiger partial charge is 0.433 e. The molecule has 0 aromatic heterocycles. The van der Waals surface area contributed by atoms with Crippen LogP contribution < -0.4 is 0 Å². The molecule has 0 aromatic rings. The minimum atomic E-state index is -1.11. The maximum absolute atomic E-state index is 12.2.